The normalized spacial score (nSPS) is 12.9. The van der Waals surface area contributed by atoms with Crippen LogP contribution in [-0.4, -0.2) is 45.3 Å². The number of carbonyl (C=O) groups is 2. The zero-order valence-corrected chi connectivity index (χ0v) is 21.1. The Kier molecular flexibility index (Phi) is 7.39. The predicted octanol–water partition coefficient (Wildman–Crippen LogP) is 2.49. The highest BCUT2D eigenvalue weighted by atomic mass is 16.7. The molecule has 10 nitrogen and oxygen atoms in total. The van der Waals surface area contributed by atoms with Gasteiger partial charge in [0, 0.05) is 50.7 Å². The smallest absolute Gasteiger partial charge is 0.257 e. The first-order valence-electron chi connectivity index (χ1n) is 12.6. The molecular weight excluding hydrogens is 486 g/mol. The van der Waals surface area contributed by atoms with Crippen LogP contribution in [0, 0.1) is 0 Å². The number of benzene rings is 2. The van der Waals surface area contributed by atoms with Crippen molar-refractivity contribution < 1.29 is 19.1 Å². The van der Waals surface area contributed by atoms with Gasteiger partial charge in [-0.1, -0.05) is 30.3 Å². The van der Waals surface area contributed by atoms with Crippen molar-refractivity contribution in [1.82, 2.24) is 24.8 Å². The number of pyridine rings is 1. The maximum absolute atomic E-state index is 13.4. The van der Waals surface area contributed by atoms with E-state index in [4.69, 9.17) is 9.47 Å². The molecule has 0 bridgehead atoms. The Balaban J connectivity index is 1.37. The number of carbonyl (C=O) groups excluding carboxylic acids is 2. The van der Waals surface area contributed by atoms with Crippen molar-refractivity contribution in [1.29, 1.82) is 0 Å². The van der Waals surface area contributed by atoms with Crippen molar-refractivity contribution in [3.05, 3.63) is 88.7 Å². The van der Waals surface area contributed by atoms with E-state index in [1.807, 2.05) is 52.6 Å². The van der Waals surface area contributed by atoms with E-state index in [9.17, 15) is 14.4 Å². The standard InChI is InChI=1S/C28H29N5O5/c1-2-33-16-21(26(34)20-14-24-25(15-23(20)33)38-18-37-24)27(35)31-22(13-19-7-4-3-5-8-19)28(36)30-9-6-11-32-12-10-29-17-32/h3-5,7-8,10,12,14-17,22H,2,6,9,11,13,18H2,1H3,(H,30,36)(H,31,35)/t22-/m0/s1. The number of fused-ring (bicyclic) bond motifs is 2. The van der Waals surface area contributed by atoms with Crippen molar-refractivity contribution in [3.63, 3.8) is 0 Å². The zero-order chi connectivity index (χ0) is 26.5. The molecule has 2 aromatic heterocycles. The molecule has 0 aliphatic carbocycles. The summed E-state index contributed by atoms with van der Waals surface area (Å²) >= 11 is 0. The topological polar surface area (TPSA) is 116 Å². The Morgan fingerprint density at radius 2 is 1.92 bits per heavy atom. The fraction of sp³-hybridized carbons (Fsp3) is 0.286. The summed E-state index contributed by atoms with van der Waals surface area (Å²) in [5, 5.41) is 6.08. The van der Waals surface area contributed by atoms with Crippen molar-refractivity contribution in [2.75, 3.05) is 13.3 Å². The Morgan fingerprint density at radius 1 is 1.13 bits per heavy atom. The Hall–Kier alpha value is -4.60. The van der Waals surface area contributed by atoms with Gasteiger partial charge in [0.15, 0.2) is 11.5 Å². The molecule has 0 saturated heterocycles. The molecule has 10 heteroatoms. The number of hydrogen-bond donors (Lipinski definition) is 2. The van der Waals surface area contributed by atoms with E-state index >= 15 is 0 Å². The van der Waals surface area contributed by atoms with E-state index < -0.39 is 17.4 Å². The number of nitrogens with zero attached hydrogens (tertiary/aromatic N) is 3. The van der Waals surface area contributed by atoms with Gasteiger partial charge in [0.1, 0.15) is 11.6 Å². The van der Waals surface area contributed by atoms with Gasteiger partial charge in [-0.05, 0) is 25.0 Å². The number of aryl methyl sites for hydroxylation is 2. The van der Waals surface area contributed by atoms with Crippen molar-refractivity contribution in [2.45, 2.75) is 38.9 Å². The lowest BCUT2D eigenvalue weighted by Crippen LogP contribution is -2.49. The monoisotopic (exact) mass is 515 g/mol. The fourth-order valence-electron chi connectivity index (χ4n) is 4.51. The van der Waals surface area contributed by atoms with E-state index in [0.29, 0.717) is 48.5 Å². The maximum atomic E-state index is 13.4. The van der Waals surface area contributed by atoms with Crippen LogP contribution in [0.3, 0.4) is 0 Å². The van der Waals surface area contributed by atoms with E-state index in [0.717, 1.165) is 5.56 Å². The molecule has 1 atom stereocenters. The fourth-order valence-corrected chi connectivity index (χ4v) is 4.51. The molecule has 2 N–H and O–H groups in total. The molecule has 38 heavy (non-hydrogen) atoms. The van der Waals surface area contributed by atoms with Crippen molar-refractivity contribution in [2.24, 2.45) is 0 Å². The SMILES string of the molecule is CCn1cc(C(=O)N[C@@H](Cc2ccccc2)C(=O)NCCCn2ccnc2)c(=O)c2cc3c(cc21)OCO3. The number of amides is 2. The van der Waals surface area contributed by atoms with Gasteiger partial charge in [0.2, 0.25) is 18.1 Å². The molecule has 5 rings (SSSR count). The Bertz CT molecular complexity index is 1500. The first-order chi connectivity index (χ1) is 18.5. The second-order valence-electron chi connectivity index (χ2n) is 9.04. The molecule has 2 amide bonds. The summed E-state index contributed by atoms with van der Waals surface area (Å²) in [6.07, 6.45) is 7.81. The van der Waals surface area contributed by atoms with Crippen LogP contribution in [0.2, 0.25) is 0 Å². The molecule has 0 radical (unpaired) electrons. The van der Waals surface area contributed by atoms with Gasteiger partial charge in [-0.15, -0.1) is 0 Å². The van der Waals surface area contributed by atoms with Gasteiger partial charge in [-0.3, -0.25) is 14.4 Å². The number of hydrogen-bond acceptors (Lipinski definition) is 6. The van der Waals surface area contributed by atoms with Gasteiger partial charge in [-0.25, -0.2) is 4.98 Å². The Labute approximate surface area is 219 Å². The highest BCUT2D eigenvalue weighted by Crippen LogP contribution is 2.35. The lowest BCUT2D eigenvalue weighted by Gasteiger charge is -2.19. The van der Waals surface area contributed by atoms with Gasteiger partial charge in [-0.2, -0.15) is 0 Å². The minimum Gasteiger partial charge on any atom is -0.454 e. The van der Waals surface area contributed by atoms with Gasteiger partial charge >= 0.3 is 0 Å². The number of imidazole rings is 1. The molecule has 1 aliphatic heterocycles. The lowest BCUT2D eigenvalue weighted by atomic mass is 10.0. The third kappa shape index (κ3) is 5.39. The maximum Gasteiger partial charge on any atom is 0.257 e. The molecule has 0 saturated carbocycles. The van der Waals surface area contributed by atoms with Crippen LogP contribution < -0.4 is 25.5 Å². The third-order valence-corrected chi connectivity index (χ3v) is 6.52. The summed E-state index contributed by atoms with van der Waals surface area (Å²) in [6, 6.07) is 11.9. The molecule has 0 fully saturated rings. The number of ether oxygens (including phenoxy) is 2. The first-order valence-corrected chi connectivity index (χ1v) is 12.6. The molecular formula is C28H29N5O5. The van der Waals surface area contributed by atoms with E-state index in [2.05, 4.69) is 15.6 Å². The molecule has 3 heterocycles. The second-order valence-corrected chi connectivity index (χ2v) is 9.04. The van der Waals surface area contributed by atoms with Crippen molar-refractivity contribution >= 4 is 22.7 Å². The lowest BCUT2D eigenvalue weighted by molar-refractivity contribution is -0.122. The van der Waals surface area contributed by atoms with E-state index in [1.165, 1.54) is 6.20 Å². The minimum atomic E-state index is -0.861. The van der Waals surface area contributed by atoms with Crippen LogP contribution in [0.25, 0.3) is 10.9 Å². The summed E-state index contributed by atoms with van der Waals surface area (Å²) in [4.78, 5) is 44.0. The quantitative estimate of drug-likeness (QED) is 0.314. The number of aromatic nitrogens is 3. The van der Waals surface area contributed by atoms with E-state index in [1.54, 1.807) is 24.7 Å². The van der Waals surface area contributed by atoms with Crippen LogP contribution >= 0.6 is 0 Å². The van der Waals surface area contributed by atoms with Crippen LogP contribution in [0.4, 0.5) is 0 Å². The molecule has 196 valence electrons. The van der Waals surface area contributed by atoms with E-state index in [-0.39, 0.29) is 24.7 Å². The third-order valence-electron chi connectivity index (χ3n) is 6.52. The molecule has 0 spiro atoms. The van der Waals surface area contributed by atoms with Crippen LogP contribution in [0.5, 0.6) is 11.5 Å². The number of rotatable bonds is 10. The van der Waals surface area contributed by atoms with Crippen LogP contribution in [0.1, 0.15) is 29.3 Å². The predicted molar refractivity (Wildman–Crippen MR) is 141 cm³/mol. The first kappa shape index (κ1) is 25.1. The zero-order valence-electron chi connectivity index (χ0n) is 21.1. The highest BCUT2D eigenvalue weighted by molar-refractivity contribution is 6.00. The molecule has 2 aromatic carbocycles. The second kappa shape index (κ2) is 11.2. The molecule has 0 unspecified atom stereocenters. The Morgan fingerprint density at radius 3 is 2.66 bits per heavy atom. The molecule has 1 aliphatic rings. The average molecular weight is 516 g/mol. The summed E-state index contributed by atoms with van der Waals surface area (Å²) < 4.78 is 14.6. The van der Waals surface area contributed by atoms with Crippen LogP contribution in [-0.2, 0) is 24.3 Å². The highest BCUT2D eigenvalue weighted by Gasteiger charge is 2.25. The summed E-state index contributed by atoms with van der Waals surface area (Å²) in [6.45, 7) is 3.68. The summed E-state index contributed by atoms with van der Waals surface area (Å²) in [5.41, 5.74) is 1.07. The van der Waals surface area contributed by atoms with Gasteiger partial charge < -0.3 is 29.2 Å². The summed E-state index contributed by atoms with van der Waals surface area (Å²) in [5.74, 6) is 0.106. The van der Waals surface area contributed by atoms with Crippen molar-refractivity contribution in [3.8, 4) is 11.5 Å². The van der Waals surface area contributed by atoms with Gasteiger partial charge in [0.05, 0.1) is 17.2 Å². The average Bonchev–Trinajstić information content (AvgIpc) is 3.62. The van der Waals surface area contributed by atoms with Gasteiger partial charge in [0.25, 0.3) is 5.91 Å². The summed E-state index contributed by atoms with van der Waals surface area (Å²) in [7, 11) is 0. The largest absolute Gasteiger partial charge is 0.454 e. The molecule has 4 aromatic rings. The minimum absolute atomic E-state index is 0.0378. The number of nitrogens with one attached hydrogen (secondary N) is 2. The van der Waals surface area contributed by atoms with Crippen LogP contribution in [0.15, 0.2) is 72.2 Å².